The monoisotopic (exact) mass is 370 g/mol. The van der Waals surface area contributed by atoms with Gasteiger partial charge in [0.1, 0.15) is 4.83 Å². The van der Waals surface area contributed by atoms with Crippen molar-refractivity contribution in [1.29, 1.82) is 0 Å². The van der Waals surface area contributed by atoms with Gasteiger partial charge in [-0.2, -0.15) is 0 Å². The molecule has 0 aliphatic carbocycles. The van der Waals surface area contributed by atoms with E-state index in [1.807, 2.05) is 13.8 Å². The lowest BCUT2D eigenvalue weighted by Crippen LogP contribution is -2.25. The van der Waals surface area contributed by atoms with Crippen LogP contribution in [0, 0.1) is 13.8 Å². The van der Waals surface area contributed by atoms with Crippen LogP contribution in [-0.4, -0.2) is 41.1 Å². The molecule has 2 rings (SSSR count). The first-order chi connectivity index (χ1) is 11.3. The third-order valence-corrected chi connectivity index (χ3v) is 5.51. The highest BCUT2D eigenvalue weighted by Crippen LogP contribution is 2.28. The number of nitrogens with zero attached hydrogens (tertiary/aromatic N) is 2. The summed E-state index contributed by atoms with van der Waals surface area (Å²) in [6.07, 6.45) is -0.160. The zero-order valence-electron chi connectivity index (χ0n) is 14.5. The van der Waals surface area contributed by atoms with Crippen molar-refractivity contribution in [1.82, 2.24) is 9.55 Å². The Kier molecular flexibility index (Phi) is 6.42. The summed E-state index contributed by atoms with van der Waals surface area (Å²) < 4.78 is 11.8. The molecule has 8 heteroatoms. The summed E-state index contributed by atoms with van der Waals surface area (Å²) in [6, 6.07) is 0. The van der Waals surface area contributed by atoms with Crippen molar-refractivity contribution in [2.45, 2.75) is 45.5 Å². The smallest absolute Gasteiger partial charge is 0.316 e. The van der Waals surface area contributed by atoms with Gasteiger partial charge in [-0.25, -0.2) is 4.98 Å². The van der Waals surface area contributed by atoms with E-state index in [0.29, 0.717) is 28.5 Å². The maximum atomic E-state index is 12.9. The highest BCUT2D eigenvalue weighted by Gasteiger charge is 2.18. The highest BCUT2D eigenvalue weighted by atomic mass is 32.2. The van der Waals surface area contributed by atoms with Crippen LogP contribution in [0.15, 0.2) is 9.95 Å². The van der Waals surface area contributed by atoms with E-state index in [-0.39, 0.29) is 23.4 Å². The Bertz CT molecular complexity index is 795. The number of carbonyl (C=O) groups excluding carboxylic acids is 1. The summed E-state index contributed by atoms with van der Waals surface area (Å²) >= 11 is 2.72. The molecule has 0 aliphatic rings. The summed E-state index contributed by atoms with van der Waals surface area (Å²) in [5.74, 6) is -0.201. The molecule has 0 aromatic carbocycles. The van der Waals surface area contributed by atoms with Crippen molar-refractivity contribution in [2.75, 3.05) is 19.5 Å². The van der Waals surface area contributed by atoms with Crippen LogP contribution < -0.4 is 5.56 Å². The molecule has 0 saturated carbocycles. The van der Waals surface area contributed by atoms with Gasteiger partial charge in [-0.3, -0.25) is 14.2 Å². The molecule has 2 heterocycles. The van der Waals surface area contributed by atoms with Gasteiger partial charge in [-0.1, -0.05) is 11.8 Å². The van der Waals surface area contributed by atoms with Crippen molar-refractivity contribution in [3.05, 3.63) is 20.8 Å². The van der Waals surface area contributed by atoms with Gasteiger partial charge in [-0.15, -0.1) is 11.3 Å². The fourth-order valence-electron chi connectivity index (χ4n) is 2.22. The number of esters is 1. The number of aryl methyl sites for hydroxylation is 2. The van der Waals surface area contributed by atoms with Crippen molar-refractivity contribution < 1.29 is 14.3 Å². The van der Waals surface area contributed by atoms with Crippen LogP contribution in [-0.2, 0) is 20.8 Å². The zero-order chi connectivity index (χ0) is 17.9. The number of thiophene rings is 1. The number of hydrogen-bond donors (Lipinski definition) is 0. The molecule has 0 saturated heterocycles. The highest BCUT2D eigenvalue weighted by molar-refractivity contribution is 7.99. The predicted octanol–water partition coefficient (Wildman–Crippen LogP) is 2.76. The summed E-state index contributed by atoms with van der Waals surface area (Å²) in [6.45, 7) is 8.32. The van der Waals surface area contributed by atoms with Gasteiger partial charge in [-0.05, 0) is 33.3 Å². The second kappa shape index (κ2) is 8.13. The fourth-order valence-corrected chi connectivity index (χ4v) is 4.10. The zero-order valence-corrected chi connectivity index (χ0v) is 16.2. The normalized spacial score (nSPS) is 11.4. The Morgan fingerprint density at radius 3 is 2.71 bits per heavy atom. The van der Waals surface area contributed by atoms with E-state index in [0.717, 1.165) is 10.4 Å². The first-order valence-corrected chi connectivity index (χ1v) is 9.47. The molecule has 0 unspecified atom stereocenters. The molecule has 0 spiro atoms. The fraction of sp³-hybridized carbons (Fsp3) is 0.562. The number of thioether (sulfide) groups is 1. The Morgan fingerprint density at radius 1 is 1.38 bits per heavy atom. The van der Waals surface area contributed by atoms with E-state index in [1.165, 1.54) is 23.1 Å². The van der Waals surface area contributed by atoms with Crippen LogP contribution in [0.25, 0.3) is 10.2 Å². The van der Waals surface area contributed by atoms with E-state index in [4.69, 9.17) is 9.47 Å². The quantitative estimate of drug-likeness (QED) is 0.424. The lowest BCUT2D eigenvalue weighted by atomic mass is 10.2. The molecular formula is C16H22N2O4S2. The molecule has 0 atom stereocenters. The molecule has 0 bridgehead atoms. The van der Waals surface area contributed by atoms with E-state index in [1.54, 1.807) is 25.5 Å². The first-order valence-electron chi connectivity index (χ1n) is 7.66. The summed E-state index contributed by atoms with van der Waals surface area (Å²) in [7, 11) is 1.59. The minimum atomic E-state index is -0.318. The molecule has 2 aromatic heterocycles. The van der Waals surface area contributed by atoms with E-state index in [9.17, 15) is 9.59 Å². The molecule has 6 nitrogen and oxygen atoms in total. The summed E-state index contributed by atoms with van der Waals surface area (Å²) in [4.78, 5) is 31.0. The summed E-state index contributed by atoms with van der Waals surface area (Å²) in [5.41, 5.74) is 0.882. The summed E-state index contributed by atoms with van der Waals surface area (Å²) in [5, 5.41) is 1.18. The van der Waals surface area contributed by atoms with E-state index in [2.05, 4.69) is 4.98 Å². The maximum absolute atomic E-state index is 12.9. The topological polar surface area (TPSA) is 70.4 Å². The third-order valence-electron chi connectivity index (χ3n) is 3.46. The molecule has 0 amide bonds. The van der Waals surface area contributed by atoms with Crippen molar-refractivity contribution in [2.24, 2.45) is 0 Å². The van der Waals surface area contributed by atoms with Gasteiger partial charge in [0.25, 0.3) is 5.56 Å². The van der Waals surface area contributed by atoms with Crippen molar-refractivity contribution in [3.8, 4) is 0 Å². The van der Waals surface area contributed by atoms with Crippen LogP contribution in [0.2, 0.25) is 0 Å². The Labute approximate surface area is 149 Å². The Hall–Kier alpha value is -1.38. The molecule has 132 valence electrons. The second-order valence-corrected chi connectivity index (χ2v) is 7.78. The number of methoxy groups -OCH3 is 1. The third kappa shape index (κ3) is 4.17. The van der Waals surface area contributed by atoms with Crippen molar-refractivity contribution in [3.63, 3.8) is 0 Å². The Balaban J connectivity index is 2.39. The van der Waals surface area contributed by atoms with Crippen LogP contribution in [0.5, 0.6) is 0 Å². The standard InChI is InChI=1S/C16H22N2O4S2/c1-9(2)22-12(19)8-23-16-17-14-13(10(3)11(4)24-14)15(20)18(16)6-7-21-5/h9H,6-8H2,1-5H3. The van der Waals surface area contributed by atoms with Crippen LogP contribution in [0.4, 0.5) is 0 Å². The number of carbonyl (C=O) groups is 1. The molecule has 2 aromatic rings. The van der Waals surface area contributed by atoms with Gasteiger partial charge in [0.05, 0.1) is 30.4 Å². The number of aromatic nitrogens is 2. The van der Waals surface area contributed by atoms with Crippen molar-refractivity contribution >= 4 is 39.3 Å². The SMILES string of the molecule is COCCn1c(SCC(=O)OC(C)C)nc2sc(C)c(C)c2c1=O. The number of fused-ring (bicyclic) bond motifs is 1. The second-order valence-electron chi connectivity index (χ2n) is 5.63. The predicted molar refractivity (Wildman–Crippen MR) is 97.2 cm³/mol. The molecule has 0 radical (unpaired) electrons. The molecule has 0 aliphatic heterocycles. The lowest BCUT2D eigenvalue weighted by molar-refractivity contribution is -0.144. The number of rotatable bonds is 7. The average molecular weight is 370 g/mol. The first kappa shape index (κ1) is 19.0. The molecule has 0 N–H and O–H groups in total. The largest absolute Gasteiger partial charge is 0.462 e. The van der Waals surface area contributed by atoms with E-state index >= 15 is 0 Å². The molecular weight excluding hydrogens is 348 g/mol. The molecule has 24 heavy (non-hydrogen) atoms. The van der Waals surface area contributed by atoms with Crippen LogP contribution in [0.1, 0.15) is 24.3 Å². The average Bonchev–Trinajstić information content (AvgIpc) is 2.78. The minimum Gasteiger partial charge on any atom is -0.462 e. The van der Waals surface area contributed by atoms with Gasteiger partial charge in [0, 0.05) is 12.0 Å². The van der Waals surface area contributed by atoms with Gasteiger partial charge in [0.15, 0.2) is 5.16 Å². The van der Waals surface area contributed by atoms with Gasteiger partial charge < -0.3 is 9.47 Å². The number of hydrogen-bond acceptors (Lipinski definition) is 7. The van der Waals surface area contributed by atoms with Crippen LogP contribution in [0.3, 0.4) is 0 Å². The molecule has 0 fully saturated rings. The minimum absolute atomic E-state index is 0.0846. The van der Waals surface area contributed by atoms with Gasteiger partial charge >= 0.3 is 5.97 Å². The van der Waals surface area contributed by atoms with Gasteiger partial charge in [0.2, 0.25) is 0 Å². The lowest BCUT2D eigenvalue weighted by Gasteiger charge is -2.12. The number of ether oxygens (including phenoxy) is 2. The van der Waals surface area contributed by atoms with E-state index < -0.39 is 0 Å². The Morgan fingerprint density at radius 2 is 2.08 bits per heavy atom. The van der Waals surface area contributed by atoms with Crippen LogP contribution >= 0.6 is 23.1 Å². The maximum Gasteiger partial charge on any atom is 0.316 e.